The van der Waals surface area contributed by atoms with Crippen LogP contribution in [-0.2, 0) is 17.4 Å². The Morgan fingerprint density at radius 1 is 1.12 bits per heavy atom. The van der Waals surface area contributed by atoms with E-state index < -0.39 is 23.2 Å². The van der Waals surface area contributed by atoms with Crippen molar-refractivity contribution < 1.29 is 22.8 Å². The molecule has 4 nitrogen and oxygen atoms in total. The molecule has 0 bridgehead atoms. The molecule has 0 aliphatic carbocycles. The lowest BCUT2D eigenvalue weighted by atomic mass is 10.0. The van der Waals surface area contributed by atoms with Gasteiger partial charge in [0.05, 0.1) is 11.1 Å². The van der Waals surface area contributed by atoms with E-state index in [-0.39, 0.29) is 5.91 Å². The molecule has 0 saturated carbocycles. The van der Waals surface area contributed by atoms with Gasteiger partial charge < -0.3 is 10.2 Å². The predicted molar refractivity (Wildman–Crippen MR) is 92.2 cm³/mol. The third-order valence-electron chi connectivity index (χ3n) is 4.32. The van der Waals surface area contributed by atoms with Crippen molar-refractivity contribution in [1.82, 2.24) is 0 Å². The van der Waals surface area contributed by atoms with E-state index in [2.05, 4.69) is 5.32 Å². The molecule has 0 spiro atoms. The smallest absolute Gasteiger partial charge is 0.322 e. The van der Waals surface area contributed by atoms with Gasteiger partial charge in [-0.25, -0.2) is 0 Å². The Morgan fingerprint density at radius 3 is 2.54 bits per heavy atom. The van der Waals surface area contributed by atoms with Crippen molar-refractivity contribution in [2.75, 3.05) is 16.8 Å². The zero-order valence-corrected chi connectivity index (χ0v) is 14.1. The quantitative estimate of drug-likeness (QED) is 0.868. The molecular formula is C19H17F3N2O2. The standard InChI is InChI=1S/C19H17F3N2O2/c1-12(25)24-10-4-5-13-8-9-14(11-17(13)24)23-18(26)15-6-2-3-7-16(15)19(20,21)22/h2-3,6-9,11H,4-5,10H2,1H3,(H,23,26). The van der Waals surface area contributed by atoms with E-state index in [0.29, 0.717) is 17.9 Å². The van der Waals surface area contributed by atoms with E-state index >= 15 is 0 Å². The van der Waals surface area contributed by atoms with Crippen LogP contribution in [0.2, 0.25) is 0 Å². The maximum atomic E-state index is 13.1. The Bertz CT molecular complexity index is 862. The highest BCUT2D eigenvalue weighted by Crippen LogP contribution is 2.33. The van der Waals surface area contributed by atoms with E-state index in [4.69, 9.17) is 0 Å². The number of aryl methyl sites for hydroxylation is 1. The fourth-order valence-corrected chi connectivity index (χ4v) is 3.11. The summed E-state index contributed by atoms with van der Waals surface area (Å²) in [5.74, 6) is -0.958. The van der Waals surface area contributed by atoms with Crippen LogP contribution in [0, 0.1) is 0 Å². The molecule has 0 atom stereocenters. The molecule has 1 N–H and O–H groups in total. The van der Waals surface area contributed by atoms with E-state index in [0.717, 1.165) is 30.5 Å². The zero-order valence-electron chi connectivity index (χ0n) is 14.1. The van der Waals surface area contributed by atoms with Gasteiger partial charge in [0.15, 0.2) is 0 Å². The second-order valence-electron chi connectivity index (χ2n) is 6.12. The summed E-state index contributed by atoms with van der Waals surface area (Å²) in [7, 11) is 0. The number of amides is 2. The number of rotatable bonds is 2. The van der Waals surface area contributed by atoms with Crippen LogP contribution in [0.3, 0.4) is 0 Å². The summed E-state index contributed by atoms with van der Waals surface area (Å²) in [6.45, 7) is 2.04. The first kappa shape index (κ1) is 18.0. The van der Waals surface area contributed by atoms with Gasteiger partial charge >= 0.3 is 6.18 Å². The number of fused-ring (bicyclic) bond motifs is 1. The van der Waals surface area contributed by atoms with Gasteiger partial charge in [0.1, 0.15) is 0 Å². The minimum atomic E-state index is -4.62. The molecule has 2 aromatic rings. The third-order valence-corrected chi connectivity index (χ3v) is 4.32. The van der Waals surface area contributed by atoms with Gasteiger partial charge in [-0.2, -0.15) is 13.2 Å². The maximum Gasteiger partial charge on any atom is 0.417 e. The number of nitrogens with zero attached hydrogens (tertiary/aromatic N) is 1. The summed E-state index contributed by atoms with van der Waals surface area (Å²) in [6, 6.07) is 9.69. The van der Waals surface area contributed by atoms with Gasteiger partial charge in [0.2, 0.25) is 5.91 Å². The minimum absolute atomic E-state index is 0.114. The van der Waals surface area contributed by atoms with Crippen LogP contribution in [-0.4, -0.2) is 18.4 Å². The van der Waals surface area contributed by atoms with Crippen LogP contribution in [0.1, 0.15) is 34.8 Å². The molecule has 3 rings (SSSR count). The van der Waals surface area contributed by atoms with E-state index in [1.54, 1.807) is 23.1 Å². The van der Waals surface area contributed by atoms with Gasteiger partial charge in [-0.15, -0.1) is 0 Å². The number of anilines is 2. The van der Waals surface area contributed by atoms with Gasteiger partial charge in [-0.1, -0.05) is 18.2 Å². The highest BCUT2D eigenvalue weighted by Gasteiger charge is 2.34. The van der Waals surface area contributed by atoms with Crippen molar-refractivity contribution in [3.8, 4) is 0 Å². The lowest BCUT2D eigenvalue weighted by Crippen LogP contribution is -2.33. The molecule has 0 aromatic heterocycles. The van der Waals surface area contributed by atoms with Crippen LogP contribution in [0.25, 0.3) is 0 Å². The van der Waals surface area contributed by atoms with E-state index in [1.165, 1.54) is 19.1 Å². The van der Waals surface area contributed by atoms with Crippen LogP contribution in [0.15, 0.2) is 42.5 Å². The summed E-state index contributed by atoms with van der Waals surface area (Å²) >= 11 is 0. The first-order valence-corrected chi connectivity index (χ1v) is 8.16. The van der Waals surface area contributed by atoms with Crippen LogP contribution < -0.4 is 10.2 Å². The molecule has 0 radical (unpaired) electrons. The van der Waals surface area contributed by atoms with Gasteiger partial charge in [0, 0.05) is 24.8 Å². The second kappa shape index (κ2) is 6.82. The van der Waals surface area contributed by atoms with Crippen LogP contribution in [0.5, 0.6) is 0 Å². The maximum absolute atomic E-state index is 13.1. The molecule has 0 unspecified atom stereocenters. The number of carbonyl (C=O) groups is 2. The highest BCUT2D eigenvalue weighted by atomic mass is 19.4. The van der Waals surface area contributed by atoms with Gasteiger partial charge in [-0.05, 0) is 42.7 Å². The average Bonchev–Trinajstić information content (AvgIpc) is 2.60. The van der Waals surface area contributed by atoms with Crippen molar-refractivity contribution in [2.24, 2.45) is 0 Å². The Hall–Kier alpha value is -2.83. The summed E-state index contributed by atoms with van der Waals surface area (Å²) in [5, 5.41) is 2.50. The summed E-state index contributed by atoms with van der Waals surface area (Å²) in [6.07, 6.45) is -2.96. The molecular weight excluding hydrogens is 345 g/mol. The van der Waals surface area contributed by atoms with Crippen molar-refractivity contribution in [2.45, 2.75) is 25.9 Å². The average molecular weight is 362 g/mol. The Morgan fingerprint density at radius 2 is 1.85 bits per heavy atom. The van der Waals surface area contributed by atoms with Gasteiger partial charge in [-0.3, -0.25) is 9.59 Å². The summed E-state index contributed by atoms with van der Waals surface area (Å²) in [5.41, 5.74) is 0.576. The molecule has 136 valence electrons. The Labute approximate surface area is 148 Å². The molecule has 2 aromatic carbocycles. The van der Waals surface area contributed by atoms with Crippen molar-refractivity contribution in [3.05, 3.63) is 59.2 Å². The number of benzene rings is 2. The monoisotopic (exact) mass is 362 g/mol. The number of halogens is 3. The Kier molecular flexibility index (Phi) is 4.71. The van der Waals surface area contributed by atoms with Crippen molar-refractivity contribution in [1.29, 1.82) is 0 Å². The summed E-state index contributed by atoms with van der Waals surface area (Å²) < 4.78 is 39.3. The van der Waals surface area contributed by atoms with Gasteiger partial charge in [0.25, 0.3) is 5.91 Å². The molecule has 1 aliphatic heterocycles. The second-order valence-corrected chi connectivity index (χ2v) is 6.12. The first-order valence-electron chi connectivity index (χ1n) is 8.16. The first-order chi connectivity index (χ1) is 12.3. The molecule has 7 heteroatoms. The SMILES string of the molecule is CC(=O)N1CCCc2ccc(NC(=O)c3ccccc3C(F)(F)F)cc21. The predicted octanol–water partition coefficient (Wildman–Crippen LogP) is 4.26. The molecule has 1 heterocycles. The number of hydrogen-bond donors (Lipinski definition) is 1. The number of hydrogen-bond acceptors (Lipinski definition) is 2. The van der Waals surface area contributed by atoms with Crippen molar-refractivity contribution >= 4 is 23.2 Å². The molecule has 26 heavy (non-hydrogen) atoms. The largest absolute Gasteiger partial charge is 0.417 e. The van der Waals surface area contributed by atoms with Crippen LogP contribution in [0.4, 0.5) is 24.5 Å². The number of nitrogens with one attached hydrogen (secondary N) is 1. The van der Waals surface area contributed by atoms with E-state index in [1.807, 2.05) is 0 Å². The van der Waals surface area contributed by atoms with Crippen LogP contribution >= 0.6 is 0 Å². The number of carbonyl (C=O) groups excluding carboxylic acids is 2. The lowest BCUT2D eigenvalue weighted by molar-refractivity contribution is -0.137. The molecule has 2 amide bonds. The normalized spacial score (nSPS) is 13.9. The molecule has 1 aliphatic rings. The fourth-order valence-electron chi connectivity index (χ4n) is 3.11. The molecule has 0 saturated heterocycles. The highest BCUT2D eigenvalue weighted by molar-refractivity contribution is 6.06. The zero-order chi connectivity index (χ0) is 18.9. The summed E-state index contributed by atoms with van der Waals surface area (Å²) in [4.78, 5) is 25.8. The fraction of sp³-hybridized carbons (Fsp3) is 0.263. The lowest BCUT2D eigenvalue weighted by Gasteiger charge is -2.29. The minimum Gasteiger partial charge on any atom is -0.322 e. The van der Waals surface area contributed by atoms with E-state index in [9.17, 15) is 22.8 Å². The third kappa shape index (κ3) is 3.56. The van der Waals surface area contributed by atoms with Crippen molar-refractivity contribution in [3.63, 3.8) is 0 Å². The Balaban J connectivity index is 1.90. The molecule has 0 fully saturated rings. The topological polar surface area (TPSA) is 49.4 Å². The number of alkyl halides is 3.